The number of hydrogen-bond donors (Lipinski definition) is 1. The number of nitrogens with zero attached hydrogens (tertiary/aromatic N) is 2. The van der Waals surface area contributed by atoms with Gasteiger partial charge in [0.25, 0.3) is 0 Å². The van der Waals surface area contributed by atoms with E-state index in [1.54, 1.807) is 0 Å². The maximum absolute atomic E-state index is 11.3. The third kappa shape index (κ3) is 3.84. The quantitative estimate of drug-likeness (QED) is 0.661. The van der Waals surface area contributed by atoms with Crippen molar-refractivity contribution in [2.24, 2.45) is 10.2 Å². The Morgan fingerprint density at radius 1 is 1.47 bits per heavy atom. The zero-order valence-corrected chi connectivity index (χ0v) is 9.64. The molecule has 0 aromatic heterocycles. The number of carboxylic acid groups (broad SMARTS) is 1. The van der Waals surface area contributed by atoms with Gasteiger partial charge in [0.1, 0.15) is 0 Å². The van der Waals surface area contributed by atoms with E-state index in [1.165, 1.54) is 25.3 Å². The number of esters is 1. The number of methoxy groups -OCH3 is 1. The van der Waals surface area contributed by atoms with Crippen molar-refractivity contribution >= 4 is 29.2 Å². The molecule has 0 aliphatic rings. The molecule has 17 heavy (non-hydrogen) atoms. The van der Waals surface area contributed by atoms with Crippen LogP contribution in [0.4, 0.5) is 5.69 Å². The second-order valence-corrected chi connectivity index (χ2v) is 3.36. The highest BCUT2D eigenvalue weighted by molar-refractivity contribution is 6.33. The smallest absolute Gasteiger partial charge is 0.339 e. The molecule has 0 saturated carbocycles. The summed E-state index contributed by atoms with van der Waals surface area (Å²) in [5.74, 6) is -1.68. The summed E-state index contributed by atoms with van der Waals surface area (Å²) in [7, 11) is 1.23. The number of rotatable bonds is 4. The molecule has 1 aromatic rings. The summed E-state index contributed by atoms with van der Waals surface area (Å²) >= 11 is 5.79. The first kappa shape index (κ1) is 13.1. The molecule has 0 aliphatic heterocycles. The standard InChI is InChI=1S/C10H9ClN2O4/c1-17-10(16)7-4-6(2-3-8(7)11)13-12-5-9(14)15/h2-4H,5H2,1H3,(H,14,15). The Morgan fingerprint density at radius 3 is 2.76 bits per heavy atom. The van der Waals surface area contributed by atoms with Crippen molar-refractivity contribution in [1.29, 1.82) is 0 Å². The predicted molar refractivity (Wildman–Crippen MR) is 59.8 cm³/mol. The highest BCUT2D eigenvalue weighted by atomic mass is 35.5. The van der Waals surface area contributed by atoms with Crippen LogP contribution >= 0.6 is 11.6 Å². The highest BCUT2D eigenvalue weighted by Crippen LogP contribution is 2.23. The van der Waals surface area contributed by atoms with Gasteiger partial charge in [-0.25, -0.2) is 4.79 Å². The van der Waals surface area contributed by atoms with Crippen LogP contribution in [-0.2, 0) is 9.53 Å². The fourth-order valence-corrected chi connectivity index (χ4v) is 1.21. The molecule has 90 valence electrons. The molecule has 1 N–H and O–H groups in total. The molecule has 0 amide bonds. The number of carbonyl (C=O) groups is 2. The van der Waals surface area contributed by atoms with Gasteiger partial charge in [0.2, 0.25) is 0 Å². The first-order valence-corrected chi connectivity index (χ1v) is 4.89. The normalized spacial score (nSPS) is 10.5. The zero-order chi connectivity index (χ0) is 12.8. The summed E-state index contributed by atoms with van der Waals surface area (Å²) in [5.41, 5.74) is 0.483. The maximum Gasteiger partial charge on any atom is 0.339 e. The number of halogens is 1. The molecule has 0 aliphatic carbocycles. The highest BCUT2D eigenvalue weighted by Gasteiger charge is 2.11. The number of hydrogen-bond acceptors (Lipinski definition) is 5. The first-order chi connectivity index (χ1) is 8.04. The number of carbonyl (C=O) groups excluding carboxylic acids is 1. The van der Waals surface area contributed by atoms with Gasteiger partial charge in [0.15, 0.2) is 6.54 Å². The molecule has 0 unspecified atom stereocenters. The van der Waals surface area contributed by atoms with Crippen LogP contribution in [0.3, 0.4) is 0 Å². The average Bonchev–Trinajstić information content (AvgIpc) is 2.30. The van der Waals surface area contributed by atoms with Gasteiger partial charge < -0.3 is 9.84 Å². The lowest BCUT2D eigenvalue weighted by Gasteiger charge is -2.02. The van der Waals surface area contributed by atoms with E-state index in [2.05, 4.69) is 15.0 Å². The van der Waals surface area contributed by atoms with Gasteiger partial charge in [-0.1, -0.05) is 11.6 Å². The molecule has 1 aromatic carbocycles. The van der Waals surface area contributed by atoms with E-state index in [4.69, 9.17) is 16.7 Å². The fraction of sp³-hybridized carbons (Fsp3) is 0.200. The van der Waals surface area contributed by atoms with Gasteiger partial charge >= 0.3 is 11.9 Å². The molecule has 7 heteroatoms. The summed E-state index contributed by atoms with van der Waals surface area (Å²) in [6.45, 7) is -0.434. The Labute approximate surface area is 102 Å². The molecule has 0 atom stereocenters. The second kappa shape index (κ2) is 5.95. The Morgan fingerprint density at radius 2 is 2.18 bits per heavy atom. The Hall–Kier alpha value is -1.95. The minimum atomic E-state index is -1.09. The number of aliphatic carboxylic acids is 1. The van der Waals surface area contributed by atoms with E-state index < -0.39 is 18.5 Å². The van der Waals surface area contributed by atoms with Gasteiger partial charge in [-0.05, 0) is 18.2 Å². The van der Waals surface area contributed by atoms with Crippen molar-refractivity contribution in [1.82, 2.24) is 0 Å². The lowest BCUT2D eigenvalue weighted by molar-refractivity contribution is -0.135. The Kier molecular flexibility index (Phi) is 4.59. The van der Waals surface area contributed by atoms with E-state index in [0.717, 1.165) is 0 Å². The number of carboxylic acids is 1. The summed E-state index contributed by atoms with van der Waals surface area (Å²) in [6.07, 6.45) is 0. The average molecular weight is 257 g/mol. The zero-order valence-electron chi connectivity index (χ0n) is 8.88. The molecule has 1 rings (SSSR count). The molecule has 0 spiro atoms. The lowest BCUT2D eigenvalue weighted by Crippen LogP contribution is -2.01. The third-order valence-electron chi connectivity index (χ3n) is 1.75. The van der Waals surface area contributed by atoms with Crippen LogP contribution in [0.5, 0.6) is 0 Å². The van der Waals surface area contributed by atoms with Crippen LogP contribution in [-0.4, -0.2) is 30.7 Å². The van der Waals surface area contributed by atoms with Crippen molar-refractivity contribution < 1.29 is 19.4 Å². The van der Waals surface area contributed by atoms with Crippen molar-refractivity contribution in [3.63, 3.8) is 0 Å². The minimum absolute atomic E-state index is 0.154. The second-order valence-electron chi connectivity index (χ2n) is 2.95. The summed E-state index contributed by atoms with van der Waals surface area (Å²) in [4.78, 5) is 21.5. The summed E-state index contributed by atoms with van der Waals surface area (Å²) in [6, 6.07) is 4.35. The van der Waals surface area contributed by atoms with E-state index in [-0.39, 0.29) is 10.6 Å². The third-order valence-corrected chi connectivity index (χ3v) is 2.08. The Bertz CT molecular complexity index is 473. The molecule has 0 bridgehead atoms. The van der Waals surface area contributed by atoms with Crippen LogP contribution in [0.1, 0.15) is 10.4 Å². The van der Waals surface area contributed by atoms with Gasteiger partial charge in [0.05, 0.1) is 23.4 Å². The van der Waals surface area contributed by atoms with Crippen LogP contribution < -0.4 is 0 Å². The van der Waals surface area contributed by atoms with E-state index in [1.807, 2.05) is 0 Å². The minimum Gasteiger partial charge on any atom is -0.480 e. The predicted octanol–water partition coefficient (Wildman–Crippen LogP) is 2.29. The SMILES string of the molecule is COC(=O)c1cc(N=NCC(=O)O)ccc1Cl. The van der Waals surface area contributed by atoms with Gasteiger partial charge in [-0.2, -0.15) is 10.2 Å². The van der Waals surface area contributed by atoms with Crippen molar-refractivity contribution in [3.8, 4) is 0 Å². The molecular weight excluding hydrogens is 248 g/mol. The molecule has 0 radical (unpaired) electrons. The topological polar surface area (TPSA) is 88.3 Å². The molecular formula is C10H9ClN2O4. The number of benzene rings is 1. The summed E-state index contributed by atoms with van der Waals surface area (Å²) < 4.78 is 4.53. The van der Waals surface area contributed by atoms with Crippen molar-refractivity contribution in [2.75, 3.05) is 13.7 Å². The van der Waals surface area contributed by atoms with Crippen LogP contribution in [0, 0.1) is 0 Å². The van der Waals surface area contributed by atoms with Crippen molar-refractivity contribution in [2.45, 2.75) is 0 Å². The molecule has 0 saturated heterocycles. The van der Waals surface area contributed by atoms with Crippen LogP contribution in [0.25, 0.3) is 0 Å². The van der Waals surface area contributed by atoms with Gasteiger partial charge in [-0.15, -0.1) is 0 Å². The van der Waals surface area contributed by atoms with E-state index in [9.17, 15) is 9.59 Å². The first-order valence-electron chi connectivity index (χ1n) is 4.51. The Balaban J connectivity index is 2.92. The largest absolute Gasteiger partial charge is 0.480 e. The molecule has 0 fully saturated rings. The van der Waals surface area contributed by atoms with E-state index in [0.29, 0.717) is 5.69 Å². The van der Waals surface area contributed by atoms with Gasteiger partial charge in [0, 0.05) is 0 Å². The monoisotopic (exact) mass is 256 g/mol. The fourth-order valence-electron chi connectivity index (χ4n) is 1.02. The molecule has 0 heterocycles. The van der Waals surface area contributed by atoms with Crippen LogP contribution in [0.2, 0.25) is 5.02 Å². The maximum atomic E-state index is 11.3. The number of azo groups is 1. The van der Waals surface area contributed by atoms with E-state index >= 15 is 0 Å². The van der Waals surface area contributed by atoms with Gasteiger partial charge in [-0.3, -0.25) is 4.79 Å². The number of ether oxygens (including phenoxy) is 1. The lowest BCUT2D eigenvalue weighted by atomic mass is 10.2. The van der Waals surface area contributed by atoms with Crippen LogP contribution in [0.15, 0.2) is 28.4 Å². The molecule has 6 nitrogen and oxygen atoms in total. The summed E-state index contributed by atoms with van der Waals surface area (Å²) in [5, 5.41) is 15.7. The van der Waals surface area contributed by atoms with Crippen molar-refractivity contribution in [3.05, 3.63) is 28.8 Å².